The Bertz CT molecular complexity index is 750. The summed E-state index contributed by atoms with van der Waals surface area (Å²) in [5.74, 6) is 4.86. The first-order valence-corrected chi connectivity index (χ1v) is 12.3. The lowest BCUT2D eigenvalue weighted by Crippen LogP contribution is -2.42. The molecule has 0 aliphatic heterocycles. The van der Waals surface area contributed by atoms with Gasteiger partial charge >= 0.3 is 0 Å². The molecule has 0 N–H and O–H groups in total. The fourth-order valence-corrected chi connectivity index (χ4v) is 8.42. The first-order valence-electron chi connectivity index (χ1n) is 12.3. The Hall–Kier alpha value is -0.780. The van der Waals surface area contributed by atoms with Crippen molar-refractivity contribution in [1.29, 1.82) is 0 Å². The Labute approximate surface area is 173 Å². The molecule has 5 rings (SSSR count). The summed E-state index contributed by atoms with van der Waals surface area (Å²) in [4.78, 5) is 0. The SMILES string of the molecule is CC(C)[C@H](C)/C=C\[C@H](C)[C@@H]1CCC2=C3C=C[C@]45C[C@H]4CC[C@]5(C)[C@H]3CC[C@]21C. The number of hydrogen-bond donors (Lipinski definition) is 0. The van der Waals surface area contributed by atoms with Gasteiger partial charge in [0.2, 0.25) is 0 Å². The molecule has 1 spiro atoms. The van der Waals surface area contributed by atoms with Gasteiger partial charge in [-0.25, -0.2) is 0 Å². The Morgan fingerprint density at radius 2 is 1.79 bits per heavy atom. The van der Waals surface area contributed by atoms with Gasteiger partial charge < -0.3 is 0 Å². The molecule has 0 aromatic heterocycles. The van der Waals surface area contributed by atoms with Crippen molar-refractivity contribution >= 4 is 0 Å². The maximum Gasteiger partial charge on any atom is -0.00239 e. The first kappa shape index (κ1) is 19.2. The summed E-state index contributed by atoms with van der Waals surface area (Å²) in [5, 5.41) is 0. The maximum atomic E-state index is 2.70. The lowest BCUT2D eigenvalue weighted by Gasteiger charge is -2.51. The maximum absolute atomic E-state index is 2.70. The van der Waals surface area contributed by atoms with Gasteiger partial charge in [-0.05, 0) is 102 Å². The van der Waals surface area contributed by atoms with E-state index in [4.69, 9.17) is 0 Å². The number of hydrogen-bond acceptors (Lipinski definition) is 0. The van der Waals surface area contributed by atoms with Crippen LogP contribution in [0, 0.1) is 51.8 Å². The molecule has 154 valence electrons. The summed E-state index contributed by atoms with van der Waals surface area (Å²) >= 11 is 0. The Morgan fingerprint density at radius 3 is 2.50 bits per heavy atom. The lowest BCUT2D eigenvalue weighted by atomic mass is 9.53. The number of allylic oxidation sites excluding steroid dienone is 6. The van der Waals surface area contributed by atoms with Gasteiger partial charge in [-0.2, -0.15) is 0 Å². The van der Waals surface area contributed by atoms with Crippen molar-refractivity contribution in [2.45, 2.75) is 86.5 Å². The second-order valence-electron chi connectivity index (χ2n) is 12.2. The number of rotatable bonds is 4. The van der Waals surface area contributed by atoms with Crippen molar-refractivity contribution < 1.29 is 0 Å². The van der Waals surface area contributed by atoms with E-state index in [1.54, 1.807) is 0 Å². The van der Waals surface area contributed by atoms with Crippen LogP contribution in [0.1, 0.15) is 86.5 Å². The Kier molecular flexibility index (Phi) is 4.19. The molecule has 3 saturated carbocycles. The summed E-state index contributed by atoms with van der Waals surface area (Å²) in [6, 6.07) is 0. The molecule has 8 atom stereocenters. The highest BCUT2D eigenvalue weighted by Gasteiger charge is 2.71. The highest BCUT2D eigenvalue weighted by atomic mass is 14.7. The molecule has 0 saturated heterocycles. The zero-order valence-corrected chi connectivity index (χ0v) is 19.2. The summed E-state index contributed by atoms with van der Waals surface area (Å²) < 4.78 is 0. The summed E-state index contributed by atoms with van der Waals surface area (Å²) in [5.41, 5.74) is 5.32. The molecule has 0 amide bonds. The predicted molar refractivity (Wildman–Crippen MR) is 120 cm³/mol. The third kappa shape index (κ3) is 2.36. The average Bonchev–Trinajstić information content (AvgIpc) is 3.14. The minimum atomic E-state index is 0.448. The van der Waals surface area contributed by atoms with Crippen LogP contribution >= 0.6 is 0 Å². The van der Waals surface area contributed by atoms with Gasteiger partial charge in [0.05, 0.1) is 0 Å². The van der Waals surface area contributed by atoms with Crippen LogP contribution in [0.5, 0.6) is 0 Å². The van der Waals surface area contributed by atoms with Crippen LogP contribution in [0.3, 0.4) is 0 Å². The smallest absolute Gasteiger partial charge is 0.00239 e. The van der Waals surface area contributed by atoms with E-state index >= 15 is 0 Å². The normalized spacial score (nSPS) is 48.5. The second-order valence-corrected chi connectivity index (χ2v) is 12.2. The molecule has 0 bridgehead atoms. The molecule has 5 aliphatic rings. The summed E-state index contributed by atoms with van der Waals surface area (Å²) in [6.07, 6.45) is 20.5. The lowest BCUT2D eigenvalue weighted by molar-refractivity contribution is 0.0893. The van der Waals surface area contributed by atoms with Crippen LogP contribution in [-0.4, -0.2) is 0 Å². The van der Waals surface area contributed by atoms with Gasteiger partial charge in [-0.3, -0.25) is 0 Å². The van der Waals surface area contributed by atoms with Crippen LogP contribution in [0.4, 0.5) is 0 Å². The minimum Gasteiger partial charge on any atom is -0.0852 e. The van der Waals surface area contributed by atoms with E-state index in [0.717, 1.165) is 23.7 Å². The van der Waals surface area contributed by atoms with Crippen LogP contribution in [-0.2, 0) is 0 Å². The van der Waals surface area contributed by atoms with Crippen molar-refractivity contribution in [3.05, 3.63) is 35.5 Å². The van der Waals surface area contributed by atoms with Gasteiger partial charge in [0.1, 0.15) is 0 Å². The second kappa shape index (κ2) is 6.12. The van der Waals surface area contributed by atoms with E-state index in [1.165, 1.54) is 44.9 Å². The van der Waals surface area contributed by atoms with Crippen molar-refractivity contribution in [2.24, 2.45) is 51.8 Å². The Balaban J connectivity index is 1.45. The molecule has 28 heavy (non-hydrogen) atoms. The van der Waals surface area contributed by atoms with Crippen molar-refractivity contribution in [3.8, 4) is 0 Å². The monoisotopic (exact) mass is 378 g/mol. The van der Waals surface area contributed by atoms with Crippen molar-refractivity contribution in [2.75, 3.05) is 0 Å². The van der Waals surface area contributed by atoms with E-state index < -0.39 is 0 Å². The van der Waals surface area contributed by atoms with E-state index in [0.29, 0.717) is 28.1 Å². The molecule has 0 heterocycles. The molecule has 3 fully saturated rings. The van der Waals surface area contributed by atoms with Gasteiger partial charge in [-0.15, -0.1) is 0 Å². The van der Waals surface area contributed by atoms with Gasteiger partial charge in [0.15, 0.2) is 0 Å². The van der Waals surface area contributed by atoms with Crippen LogP contribution in [0.2, 0.25) is 0 Å². The van der Waals surface area contributed by atoms with E-state index in [-0.39, 0.29) is 0 Å². The highest BCUT2D eigenvalue weighted by Crippen LogP contribution is 2.79. The minimum absolute atomic E-state index is 0.448. The molecule has 0 heteroatoms. The van der Waals surface area contributed by atoms with E-state index in [1.807, 2.05) is 11.1 Å². The predicted octanol–water partition coefficient (Wildman–Crippen LogP) is 7.97. The third-order valence-corrected chi connectivity index (χ3v) is 10.9. The highest BCUT2D eigenvalue weighted by molar-refractivity contribution is 5.46. The van der Waals surface area contributed by atoms with E-state index in [2.05, 4.69) is 65.8 Å². The van der Waals surface area contributed by atoms with Crippen LogP contribution in [0.15, 0.2) is 35.5 Å². The summed E-state index contributed by atoms with van der Waals surface area (Å²) in [6.45, 7) is 14.9. The van der Waals surface area contributed by atoms with Crippen molar-refractivity contribution in [3.63, 3.8) is 0 Å². The third-order valence-electron chi connectivity index (χ3n) is 10.9. The van der Waals surface area contributed by atoms with Gasteiger partial charge in [0, 0.05) is 0 Å². The summed E-state index contributed by atoms with van der Waals surface area (Å²) in [7, 11) is 0. The number of fused-ring (bicyclic) bond motifs is 3. The molecule has 5 aliphatic carbocycles. The molecular formula is C28H42. The molecular weight excluding hydrogens is 336 g/mol. The molecule has 0 radical (unpaired) electrons. The fourth-order valence-electron chi connectivity index (χ4n) is 8.42. The average molecular weight is 379 g/mol. The molecule has 0 aromatic carbocycles. The molecule has 0 unspecified atom stereocenters. The van der Waals surface area contributed by atoms with Gasteiger partial charge in [0.25, 0.3) is 0 Å². The topological polar surface area (TPSA) is 0 Å². The molecule has 0 nitrogen and oxygen atoms in total. The quantitative estimate of drug-likeness (QED) is 0.435. The van der Waals surface area contributed by atoms with Crippen LogP contribution in [0.25, 0.3) is 0 Å². The zero-order valence-electron chi connectivity index (χ0n) is 19.2. The van der Waals surface area contributed by atoms with Crippen LogP contribution < -0.4 is 0 Å². The largest absolute Gasteiger partial charge is 0.0852 e. The van der Waals surface area contributed by atoms with Crippen molar-refractivity contribution in [1.82, 2.24) is 0 Å². The van der Waals surface area contributed by atoms with Gasteiger partial charge in [-0.1, -0.05) is 71.4 Å². The molecule has 0 aromatic rings. The Morgan fingerprint density at radius 1 is 1.00 bits per heavy atom. The standard InChI is InChI=1S/C28H42/c1-18(2)19(3)7-8-20(4)23-9-10-24-22-12-16-28-17-21(28)11-15-27(28,6)25(22)13-14-26(23,24)5/h7-8,12,16,18-21,23,25H,9-11,13-15,17H2,1-6H3/b8-7-/t19-,20+,21-,23+,25+,26+,27-,28+/m1/s1. The fraction of sp³-hybridized carbons (Fsp3) is 0.786. The van der Waals surface area contributed by atoms with E-state index in [9.17, 15) is 0 Å². The first-order chi connectivity index (χ1) is 13.2. The zero-order chi connectivity index (χ0) is 19.9.